The van der Waals surface area contributed by atoms with Gasteiger partial charge >= 0.3 is 0 Å². The lowest BCUT2D eigenvalue weighted by Crippen LogP contribution is -2.13. The van der Waals surface area contributed by atoms with Crippen LogP contribution in [0.1, 0.15) is 39.0 Å². The van der Waals surface area contributed by atoms with Crippen molar-refractivity contribution in [2.24, 2.45) is 0 Å². The molecule has 1 aromatic heterocycles. The fourth-order valence-corrected chi connectivity index (χ4v) is 1.39. The minimum absolute atomic E-state index is 0.259. The van der Waals surface area contributed by atoms with Gasteiger partial charge in [-0.25, -0.2) is 0 Å². The summed E-state index contributed by atoms with van der Waals surface area (Å²) in [5.41, 5.74) is 3.08. The van der Waals surface area contributed by atoms with E-state index in [4.69, 9.17) is 0 Å². The summed E-state index contributed by atoms with van der Waals surface area (Å²) in [7, 11) is 0. The van der Waals surface area contributed by atoms with Gasteiger partial charge in [-0.2, -0.15) is 0 Å². The fraction of sp³-hybridized carbons (Fsp3) is 0.600. The maximum atomic E-state index is 3.30. The van der Waals surface area contributed by atoms with Gasteiger partial charge in [0.25, 0.3) is 0 Å². The highest BCUT2D eigenvalue weighted by molar-refractivity contribution is 5.26. The Bertz CT molecular complexity index is 227. The van der Waals surface area contributed by atoms with Gasteiger partial charge in [-0.3, -0.25) is 0 Å². The second-order valence-electron chi connectivity index (χ2n) is 3.98. The standard InChI is InChI=1S/C10H17N/c1-5-8-6-7-11-9(8)10(2,3)4/h6-7,11H,5H2,1-4H3. The Morgan fingerprint density at radius 3 is 2.36 bits per heavy atom. The molecule has 0 aliphatic heterocycles. The van der Waals surface area contributed by atoms with Gasteiger partial charge < -0.3 is 4.98 Å². The zero-order chi connectivity index (χ0) is 8.48. The average Bonchev–Trinajstić information content (AvgIpc) is 2.31. The van der Waals surface area contributed by atoms with Gasteiger partial charge in [0.05, 0.1) is 0 Å². The highest BCUT2D eigenvalue weighted by Crippen LogP contribution is 2.24. The fourth-order valence-electron chi connectivity index (χ4n) is 1.39. The Morgan fingerprint density at radius 1 is 1.36 bits per heavy atom. The van der Waals surface area contributed by atoms with Crippen LogP contribution in [0.4, 0.5) is 0 Å². The quantitative estimate of drug-likeness (QED) is 0.635. The molecule has 0 saturated carbocycles. The Labute approximate surface area is 68.8 Å². The molecule has 1 N–H and O–H groups in total. The van der Waals surface area contributed by atoms with E-state index in [1.54, 1.807) is 0 Å². The number of hydrogen-bond donors (Lipinski definition) is 1. The van der Waals surface area contributed by atoms with Crippen LogP contribution in [0.3, 0.4) is 0 Å². The van der Waals surface area contributed by atoms with Crippen molar-refractivity contribution in [3.05, 3.63) is 23.5 Å². The van der Waals surface area contributed by atoms with Crippen molar-refractivity contribution in [1.82, 2.24) is 4.98 Å². The number of aromatic nitrogens is 1. The molecule has 11 heavy (non-hydrogen) atoms. The van der Waals surface area contributed by atoms with Crippen molar-refractivity contribution in [1.29, 1.82) is 0 Å². The van der Waals surface area contributed by atoms with Crippen LogP contribution in [0, 0.1) is 0 Å². The van der Waals surface area contributed by atoms with Crippen LogP contribution in [-0.4, -0.2) is 4.98 Å². The molecule has 1 heterocycles. The lowest BCUT2D eigenvalue weighted by atomic mass is 9.89. The first kappa shape index (κ1) is 8.38. The van der Waals surface area contributed by atoms with Crippen molar-refractivity contribution in [2.45, 2.75) is 39.5 Å². The Morgan fingerprint density at radius 2 is 2.00 bits per heavy atom. The molecule has 62 valence electrons. The van der Waals surface area contributed by atoms with Crippen LogP contribution < -0.4 is 0 Å². The molecule has 0 fully saturated rings. The third kappa shape index (κ3) is 1.65. The van der Waals surface area contributed by atoms with E-state index in [0.29, 0.717) is 0 Å². The second kappa shape index (κ2) is 2.72. The van der Waals surface area contributed by atoms with Crippen LogP contribution in [-0.2, 0) is 11.8 Å². The van der Waals surface area contributed by atoms with E-state index in [9.17, 15) is 0 Å². The minimum Gasteiger partial charge on any atom is -0.364 e. The smallest absolute Gasteiger partial charge is 0.0234 e. The molecule has 1 nitrogen and oxygen atoms in total. The van der Waals surface area contributed by atoms with Crippen LogP contribution in [0.2, 0.25) is 0 Å². The molecule has 0 atom stereocenters. The molecule has 0 radical (unpaired) electrons. The highest BCUT2D eigenvalue weighted by atomic mass is 14.7. The number of H-pyrrole nitrogens is 1. The van der Waals surface area contributed by atoms with Crippen LogP contribution >= 0.6 is 0 Å². The molecule has 0 unspecified atom stereocenters. The topological polar surface area (TPSA) is 15.8 Å². The molecular formula is C10H17N. The van der Waals surface area contributed by atoms with Crippen molar-refractivity contribution in [3.63, 3.8) is 0 Å². The second-order valence-corrected chi connectivity index (χ2v) is 3.98. The first-order valence-corrected chi connectivity index (χ1v) is 4.22. The van der Waals surface area contributed by atoms with E-state index >= 15 is 0 Å². The number of rotatable bonds is 1. The Hall–Kier alpha value is -0.720. The van der Waals surface area contributed by atoms with E-state index in [0.717, 1.165) is 6.42 Å². The van der Waals surface area contributed by atoms with Crippen LogP contribution in [0.5, 0.6) is 0 Å². The predicted octanol–water partition coefficient (Wildman–Crippen LogP) is 2.87. The molecule has 0 aliphatic carbocycles. The molecule has 0 spiro atoms. The molecule has 0 amide bonds. The highest BCUT2D eigenvalue weighted by Gasteiger charge is 2.17. The molecular weight excluding hydrogens is 134 g/mol. The SMILES string of the molecule is CCc1cc[nH]c1C(C)(C)C. The van der Waals surface area contributed by atoms with Gasteiger partial charge in [0.15, 0.2) is 0 Å². The van der Waals surface area contributed by atoms with E-state index < -0.39 is 0 Å². The predicted molar refractivity (Wildman–Crippen MR) is 48.9 cm³/mol. The summed E-state index contributed by atoms with van der Waals surface area (Å²) in [4.78, 5) is 3.30. The number of nitrogens with one attached hydrogen (secondary N) is 1. The first-order chi connectivity index (χ1) is 5.05. The normalized spacial score (nSPS) is 12.0. The number of hydrogen-bond acceptors (Lipinski definition) is 0. The summed E-state index contributed by atoms with van der Waals surface area (Å²) in [6, 6.07) is 2.17. The van der Waals surface area contributed by atoms with E-state index in [1.165, 1.54) is 11.3 Å². The Balaban J connectivity index is 3.02. The summed E-state index contributed by atoms with van der Waals surface area (Å²) in [6.45, 7) is 8.90. The summed E-state index contributed by atoms with van der Waals surface area (Å²) in [5, 5.41) is 0. The van der Waals surface area contributed by atoms with E-state index in [2.05, 4.69) is 38.7 Å². The molecule has 0 aliphatic rings. The third-order valence-electron chi connectivity index (χ3n) is 1.96. The van der Waals surface area contributed by atoms with Gasteiger partial charge in [0, 0.05) is 17.3 Å². The molecule has 1 aromatic rings. The van der Waals surface area contributed by atoms with E-state index in [1.807, 2.05) is 6.20 Å². The van der Waals surface area contributed by atoms with Gasteiger partial charge in [-0.1, -0.05) is 27.7 Å². The van der Waals surface area contributed by atoms with Crippen LogP contribution in [0.15, 0.2) is 12.3 Å². The first-order valence-electron chi connectivity index (χ1n) is 4.22. The maximum Gasteiger partial charge on any atom is 0.0234 e. The largest absolute Gasteiger partial charge is 0.364 e. The summed E-state index contributed by atoms with van der Waals surface area (Å²) < 4.78 is 0. The van der Waals surface area contributed by atoms with Gasteiger partial charge in [0.1, 0.15) is 0 Å². The summed E-state index contributed by atoms with van der Waals surface area (Å²) >= 11 is 0. The van der Waals surface area contributed by atoms with Gasteiger partial charge in [-0.05, 0) is 18.1 Å². The van der Waals surface area contributed by atoms with E-state index in [-0.39, 0.29) is 5.41 Å². The number of aryl methyl sites for hydroxylation is 1. The third-order valence-corrected chi connectivity index (χ3v) is 1.96. The van der Waals surface area contributed by atoms with Gasteiger partial charge in [0.2, 0.25) is 0 Å². The summed E-state index contributed by atoms with van der Waals surface area (Å²) in [5.74, 6) is 0. The van der Waals surface area contributed by atoms with Crippen molar-refractivity contribution < 1.29 is 0 Å². The summed E-state index contributed by atoms with van der Waals surface area (Å²) in [6.07, 6.45) is 3.15. The Kier molecular flexibility index (Phi) is 2.08. The lowest BCUT2D eigenvalue weighted by Gasteiger charge is -2.18. The average molecular weight is 151 g/mol. The maximum absolute atomic E-state index is 3.30. The monoisotopic (exact) mass is 151 g/mol. The zero-order valence-electron chi connectivity index (χ0n) is 7.86. The lowest BCUT2D eigenvalue weighted by molar-refractivity contribution is 0.566. The van der Waals surface area contributed by atoms with Crippen molar-refractivity contribution >= 4 is 0 Å². The molecule has 1 rings (SSSR count). The van der Waals surface area contributed by atoms with Crippen molar-refractivity contribution in [3.8, 4) is 0 Å². The van der Waals surface area contributed by atoms with Gasteiger partial charge in [-0.15, -0.1) is 0 Å². The molecule has 0 aromatic carbocycles. The zero-order valence-corrected chi connectivity index (χ0v) is 7.86. The minimum atomic E-state index is 0.259. The number of aromatic amines is 1. The van der Waals surface area contributed by atoms with Crippen molar-refractivity contribution in [2.75, 3.05) is 0 Å². The van der Waals surface area contributed by atoms with Crippen LogP contribution in [0.25, 0.3) is 0 Å². The molecule has 1 heteroatoms. The molecule has 0 bridgehead atoms. The molecule has 0 saturated heterocycles.